The summed E-state index contributed by atoms with van der Waals surface area (Å²) in [6.45, 7) is 0.0841. The molecular formula is C24H16ClF3N2O5. The van der Waals surface area contributed by atoms with Crippen molar-refractivity contribution in [2.45, 2.75) is 13.0 Å². The first kappa shape index (κ1) is 24.0. The molecule has 4 rings (SSSR count). The van der Waals surface area contributed by atoms with Crippen LogP contribution in [0.1, 0.15) is 21.5 Å². The minimum atomic E-state index is -4.75. The molecule has 0 radical (unpaired) electrons. The lowest BCUT2D eigenvalue weighted by molar-refractivity contribution is -0.274. The molecule has 0 aliphatic heterocycles. The molecule has 4 aromatic rings. The summed E-state index contributed by atoms with van der Waals surface area (Å²) >= 11 is 5.81. The molecule has 3 aromatic carbocycles. The molecule has 0 unspecified atom stereocenters. The van der Waals surface area contributed by atoms with Crippen LogP contribution in [0, 0.1) is 0 Å². The molecule has 0 bridgehead atoms. The quantitative estimate of drug-likeness (QED) is 0.237. The fourth-order valence-electron chi connectivity index (χ4n) is 3.11. The number of phenolic OH excluding ortho intramolecular Hbond substituents is 1. The van der Waals surface area contributed by atoms with Gasteiger partial charge in [-0.05, 0) is 54.1 Å². The highest BCUT2D eigenvalue weighted by atomic mass is 35.5. The molecule has 0 saturated heterocycles. The maximum absolute atomic E-state index is 12.3. The number of benzene rings is 3. The van der Waals surface area contributed by atoms with E-state index in [1.54, 1.807) is 18.2 Å². The highest BCUT2D eigenvalue weighted by Crippen LogP contribution is 2.30. The lowest BCUT2D eigenvalue weighted by atomic mass is 10.1. The number of amides is 1. The van der Waals surface area contributed by atoms with Gasteiger partial charge in [0.25, 0.3) is 5.91 Å². The Hall–Kier alpha value is -4.18. The fourth-order valence-corrected chi connectivity index (χ4v) is 3.29. The minimum absolute atomic E-state index is 0.0444. The Morgan fingerprint density at radius 3 is 2.60 bits per heavy atom. The van der Waals surface area contributed by atoms with Crippen LogP contribution in [0.25, 0.3) is 11.0 Å². The van der Waals surface area contributed by atoms with E-state index in [0.29, 0.717) is 27.8 Å². The second-order valence-electron chi connectivity index (χ2n) is 7.16. The van der Waals surface area contributed by atoms with Gasteiger partial charge in [-0.2, -0.15) is 5.10 Å². The van der Waals surface area contributed by atoms with Crippen molar-refractivity contribution in [3.8, 4) is 17.2 Å². The van der Waals surface area contributed by atoms with Gasteiger partial charge in [-0.3, -0.25) is 4.79 Å². The van der Waals surface area contributed by atoms with Crippen molar-refractivity contribution in [1.29, 1.82) is 0 Å². The summed E-state index contributed by atoms with van der Waals surface area (Å²) in [6, 6.07) is 14.4. The smallest absolute Gasteiger partial charge is 0.506 e. The molecule has 0 fully saturated rings. The largest absolute Gasteiger partial charge is 0.573 e. The lowest BCUT2D eigenvalue weighted by Gasteiger charge is -2.10. The number of hydrogen-bond acceptors (Lipinski definition) is 6. The Kier molecular flexibility index (Phi) is 6.83. The van der Waals surface area contributed by atoms with Crippen LogP contribution in [0.4, 0.5) is 13.2 Å². The normalized spacial score (nSPS) is 11.7. The minimum Gasteiger partial charge on any atom is -0.506 e. The predicted octanol–water partition coefficient (Wildman–Crippen LogP) is 6.03. The number of nitrogens with zero attached hydrogens (tertiary/aromatic N) is 1. The number of hydrazone groups is 1. The number of halogens is 4. The number of fused-ring (bicyclic) bond motifs is 1. The van der Waals surface area contributed by atoms with E-state index in [9.17, 15) is 23.1 Å². The van der Waals surface area contributed by atoms with Crippen molar-refractivity contribution in [2.24, 2.45) is 5.10 Å². The number of ether oxygens (including phenoxy) is 2. The maximum atomic E-state index is 12.3. The highest BCUT2D eigenvalue weighted by Gasteiger charge is 2.30. The number of phenols is 1. The van der Waals surface area contributed by atoms with Crippen molar-refractivity contribution < 1.29 is 37.0 Å². The molecule has 7 nitrogen and oxygen atoms in total. The van der Waals surface area contributed by atoms with Crippen molar-refractivity contribution in [3.63, 3.8) is 0 Å². The average molecular weight is 505 g/mol. The Balaban J connectivity index is 1.42. The third-order valence-corrected chi connectivity index (χ3v) is 5.05. The van der Waals surface area contributed by atoms with Crippen molar-refractivity contribution in [3.05, 3.63) is 88.6 Å². The van der Waals surface area contributed by atoms with Gasteiger partial charge in [0.1, 0.15) is 18.1 Å². The lowest BCUT2D eigenvalue weighted by Crippen LogP contribution is -2.17. The Bertz CT molecular complexity index is 1380. The Morgan fingerprint density at radius 2 is 1.89 bits per heavy atom. The van der Waals surface area contributed by atoms with E-state index in [-0.39, 0.29) is 28.7 Å². The van der Waals surface area contributed by atoms with Crippen LogP contribution in [0.3, 0.4) is 0 Å². The number of nitrogens with one attached hydrogen (secondary N) is 1. The van der Waals surface area contributed by atoms with Crippen LogP contribution >= 0.6 is 11.6 Å². The summed E-state index contributed by atoms with van der Waals surface area (Å²) in [5.41, 5.74) is 4.30. The van der Waals surface area contributed by atoms with Crippen LogP contribution in [0.5, 0.6) is 17.2 Å². The Morgan fingerprint density at radius 1 is 1.11 bits per heavy atom. The molecule has 1 aromatic heterocycles. The van der Waals surface area contributed by atoms with Crippen LogP contribution in [0.2, 0.25) is 5.02 Å². The highest BCUT2D eigenvalue weighted by molar-refractivity contribution is 6.32. The van der Waals surface area contributed by atoms with Gasteiger partial charge in [0, 0.05) is 16.5 Å². The second-order valence-corrected chi connectivity index (χ2v) is 7.57. The van der Waals surface area contributed by atoms with Crippen LogP contribution in [-0.4, -0.2) is 23.6 Å². The number of rotatable bonds is 7. The third-order valence-electron chi connectivity index (χ3n) is 4.75. The zero-order valence-corrected chi connectivity index (χ0v) is 18.4. The van der Waals surface area contributed by atoms with Crippen molar-refractivity contribution in [2.75, 3.05) is 0 Å². The molecule has 11 heteroatoms. The van der Waals surface area contributed by atoms with Gasteiger partial charge in [-0.1, -0.05) is 23.7 Å². The van der Waals surface area contributed by atoms with Gasteiger partial charge in [-0.25, -0.2) is 5.43 Å². The van der Waals surface area contributed by atoms with E-state index in [4.69, 9.17) is 20.8 Å². The topological polar surface area (TPSA) is 93.3 Å². The number of carbonyl (C=O) groups excluding carboxylic acids is 1. The molecule has 180 valence electrons. The maximum Gasteiger partial charge on any atom is 0.573 e. The van der Waals surface area contributed by atoms with Crippen LogP contribution < -0.4 is 14.9 Å². The summed E-state index contributed by atoms with van der Waals surface area (Å²) < 4.78 is 52.0. The second kappa shape index (κ2) is 9.98. The van der Waals surface area contributed by atoms with Gasteiger partial charge in [-0.15, -0.1) is 13.2 Å². The van der Waals surface area contributed by atoms with Crippen molar-refractivity contribution in [1.82, 2.24) is 5.43 Å². The number of aromatic hydroxyl groups is 1. The van der Waals surface area contributed by atoms with E-state index in [1.807, 2.05) is 0 Å². The van der Waals surface area contributed by atoms with Gasteiger partial charge >= 0.3 is 6.36 Å². The fraction of sp³-hybridized carbons (Fsp3) is 0.0833. The van der Waals surface area contributed by atoms with Gasteiger partial charge in [0.15, 0.2) is 11.3 Å². The predicted molar refractivity (Wildman–Crippen MR) is 122 cm³/mol. The standard InChI is InChI=1S/C24H16ClF3N2O5/c25-19-11-15(3-7-20(19)31)23(32)30-29-12-16-4-8-21(22-18(16)9-10-33-22)34-13-14-1-5-17(6-2-14)35-24(26,27)28/h1-12,31H,13H2,(H,30,32). The van der Waals surface area contributed by atoms with E-state index >= 15 is 0 Å². The monoisotopic (exact) mass is 504 g/mol. The van der Waals surface area contributed by atoms with E-state index < -0.39 is 12.3 Å². The molecule has 35 heavy (non-hydrogen) atoms. The molecule has 0 atom stereocenters. The summed E-state index contributed by atoms with van der Waals surface area (Å²) in [6.07, 6.45) is -1.86. The molecule has 0 aliphatic rings. The zero-order valence-electron chi connectivity index (χ0n) is 17.7. The summed E-state index contributed by atoms with van der Waals surface area (Å²) in [4.78, 5) is 12.2. The third kappa shape index (κ3) is 6.04. The number of carbonyl (C=O) groups is 1. The molecule has 0 spiro atoms. The first-order valence-corrected chi connectivity index (χ1v) is 10.4. The zero-order chi connectivity index (χ0) is 25.0. The molecule has 0 aliphatic carbocycles. The average Bonchev–Trinajstić information content (AvgIpc) is 3.30. The van der Waals surface area contributed by atoms with E-state index in [2.05, 4.69) is 15.3 Å². The summed E-state index contributed by atoms with van der Waals surface area (Å²) in [5.74, 6) is -0.554. The molecule has 0 saturated carbocycles. The molecule has 2 N–H and O–H groups in total. The van der Waals surface area contributed by atoms with Gasteiger partial charge < -0.3 is 19.0 Å². The van der Waals surface area contributed by atoms with Gasteiger partial charge in [0.2, 0.25) is 0 Å². The van der Waals surface area contributed by atoms with Crippen LogP contribution in [-0.2, 0) is 6.61 Å². The number of alkyl halides is 3. The van der Waals surface area contributed by atoms with Gasteiger partial charge in [0.05, 0.1) is 17.5 Å². The summed E-state index contributed by atoms with van der Waals surface area (Å²) in [7, 11) is 0. The number of furan rings is 1. The first-order chi connectivity index (χ1) is 16.7. The van der Waals surface area contributed by atoms with E-state index in [0.717, 1.165) is 0 Å². The van der Waals surface area contributed by atoms with Crippen LogP contribution in [0.15, 0.2) is 76.4 Å². The Labute approximate surface area is 201 Å². The number of hydrogen-bond donors (Lipinski definition) is 2. The summed E-state index contributed by atoms with van der Waals surface area (Å²) in [5, 5.41) is 14.1. The first-order valence-electron chi connectivity index (χ1n) is 9.99. The SMILES string of the molecule is O=C(NN=Cc1ccc(OCc2ccc(OC(F)(F)F)cc2)c2occc12)c1ccc(O)c(Cl)c1. The molecule has 1 heterocycles. The van der Waals surface area contributed by atoms with E-state index in [1.165, 1.54) is 54.9 Å². The molecular weight excluding hydrogens is 489 g/mol. The molecule has 1 amide bonds. The van der Waals surface area contributed by atoms with Crippen molar-refractivity contribution >= 4 is 34.7 Å².